The summed E-state index contributed by atoms with van der Waals surface area (Å²) in [4.78, 5) is 0. The van der Waals surface area contributed by atoms with Crippen LogP contribution in [0.2, 0.25) is 0 Å². The third kappa shape index (κ3) is 10.7. The molecule has 3 heteroatoms. The molecule has 1 aromatic rings. The van der Waals surface area contributed by atoms with E-state index in [0.717, 1.165) is 17.7 Å². The zero-order valence-corrected chi connectivity index (χ0v) is 15.5. The van der Waals surface area contributed by atoms with Crippen LogP contribution >= 0.6 is 0 Å². The van der Waals surface area contributed by atoms with E-state index in [1.165, 1.54) is 57.8 Å². The average molecular weight is 339 g/mol. The van der Waals surface area contributed by atoms with Gasteiger partial charge in [-0.2, -0.15) is 0 Å². The summed E-state index contributed by atoms with van der Waals surface area (Å²) in [6.45, 7) is 2.25. The molecule has 23 heavy (non-hydrogen) atoms. The Morgan fingerprint density at radius 2 is 1.39 bits per heavy atom. The van der Waals surface area contributed by atoms with Crippen molar-refractivity contribution in [2.24, 2.45) is 0 Å². The highest BCUT2D eigenvalue weighted by Crippen LogP contribution is 2.14. The van der Waals surface area contributed by atoms with Gasteiger partial charge in [-0.25, -0.2) is 0 Å². The summed E-state index contributed by atoms with van der Waals surface area (Å²) in [5, 5.41) is 10.1. The molecule has 0 amide bonds. The lowest BCUT2D eigenvalue weighted by Crippen LogP contribution is -2.11. The number of hydrogen-bond donors (Lipinski definition) is 1. The Morgan fingerprint density at radius 3 is 1.96 bits per heavy atom. The third-order valence-electron chi connectivity index (χ3n) is 4.25. The van der Waals surface area contributed by atoms with E-state index >= 15 is 0 Å². The van der Waals surface area contributed by atoms with Crippen molar-refractivity contribution in [3.8, 4) is 0 Å². The zero-order chi connectivity index (χ0) is 16.8. The minimum atomic E-state index is -0.913. The topological polar surface area (TPSA) is 37.3 Å². The average Bonchev–Trinajstić information content (AvgIpc) is 2.57. The van der Waals surface area contributed by atoms with E-state index < -0.39 is 16.9 Å². The molecule has 0 aliphatic carbocycles. The summed E-state index contributed by atoms with van der Waals surface area (Å²) in [5.41, 5.74) is 0.865. The van der Waals surface area contributed by atoms with Crippen molar-refractivity contribution in [3.05, 3.63) is 35.9 Å². The van der Waals surface area contributed by atoms with Gasteiger partial charge in [0, 0.05) is 16.6 Å². The summed E-state index contributed by atoms with van der Waals surface area (Å²) in [5.74, 6) is 1.09. The van der Waals surface area contributed by atoms with E-state index in [9.17, 15) is 9.32 Å². The molecule has 0 bridgehead atoms. The first kappa shape index (κ1) is 20.4. The van der Waals surface area contributed by atoms with Gasteiger partial charge in [0.1, 0.15) is 0 Å². The molecule has 0 heterocycles. The highest BCUT2D eigenvalue weighted by Gasteiger charge is 2.11. The van der Waals surface area contributed by atoms with Gasteiger partial charge < -0.3 is 5.11 Å². The van der Waals surface area contributed by atoms with Gasteiger partial charge in [-0.3, -0.25) is 4.21 Å². The summed E-state index contributed by atoms with van der Waals surface area (Å²) >= 11 is 0. The van der Waals surface area contributed by atoms with E-state index in [1.807, 2.05) is 30.3 Å². The molecule has 0 spiro atoms. The lowest BCUT2D eigenvalue weighted by atomic mass is 10.1. The fourth-order valence-corrected chi connectivity index (χ4v) is 4.02. The van der Waals surface area contributed by atoms with Crippen molar-refractivity contribution in [1.29, 1.82) is 0 Å². The summed E-state index contributed by atoms with van der Waals surface area (Å²) in [6, 6.07) is 9.52. The first-order valence-electron chi connectivity index (χ1n) is 9.32. The molecule has 0 unspecified atom stereocenters. The third-order valence-corrected chi connectivity index (χ3v) is 5.69. The van der Waals surface area contributed by atoms with Gasteiger partial charge >= 0.3 is 0 Å². The van der Waals surface area contributed by atoms with Crippen molar-refractivity contribution in [2.45, 2.75) is 77.2 Å². The highest BCUT2D eigenvalue weighted by atomic mass is 32.2. The number of aliphatic hydroxyl groups excluding tert-OH is 1. The Kier molecular flexibility index (Phi) is 12.2. The predicted octanol–water partition coefficient (Wildman–Crippen LogP) is 5.39. The second kappa shape index (κ2) is 13.7. The quantitative estimate of drug-likeness (QED) is 0.462. The van der Waals surface area contributed by atoms with Crippen LogP contribution in [0.4, 0.5) is 0 Å². The number of unbranched alkanes of at least 4 members (excludes halogenated alkanes) is 9. The lowest BCUT2D eigenvalue weighted by molar-refractivity contribution is 0.203. The fraction of sp³-hybridized carbons (Fsp3) is 0.700. The van der Waals surface area contributed by atoms with Gasteiger partial charge in [-0.05, 0) is 12.0 Å². The normalized spacial score (nSPS) is 13.8. The van der Waals surface area contributed by atoms with Crippen LogP contribution in [0.15, 0.2) is 30.3 Å². The number of hydrogen-bond acceptors (Lipinski definition) is 2. The minimum absolute atomic E-state index is 0.363. The van der Waals surface area contributed by atoms with Crippen molar-refractivity contribution in [3.63, 3.8) is 0 Å². The highest BCUT2D eigenvalue weighted by molar-refractivity contribution is 7.85. The maximum Gasteiger partial charge on any atom is 0.0905 e. The molecule has 0 saturated heterocycles. The second-order valence-electron chi connectivity index (χ2n) is 6.42. The Bertz CT molecular complexity index is 405. The molecule has 2 atom stereocenters. The Balaban J connectivity index is 1.96. The molecule has 2 nitrogen and oxygen atoms in total. The maximum absolute atomic E-state index is 12.0. The molecular weight excluding hydrogens is 304 g/mol. The van der Waals surface area contributed by atoms with Crippen molar-refractivity contribution < 1.29 is 9.32 Å². The maximum atomic E-state index is 12.0. The molecule has 1 aromatic carbocycles. The molecule has 0 fully saturated rings. The summed E-state index contributed by atoms with van der Waals surface area (Å²) in [6.07, 6.45) is 12.3. The zero-order valence-electron chi connectivity index (χ0n) is 14.7. The molecule has 0 saturated carbocycles. The van der Waals surface area contributed by atoms with Crippen LogP contribution in [-0.4, -0.2) is 20.8 Å². The molecule has 0 aromatic heterocycles. The molecule has 0 radical (unpaired) electrons. The Hall–Kier alpha value is -0.670. The van der Waals surface area contributed by atoms with Crippen LogP contribution in [0.5, 0.6) is 0 Å². The van der Waals surface area contributed by atoms with Crippen LogP contribution in [0, 0.1) is 0 Å². The van der Waals surface area contributed by atoms with Crippen LogP contribution in [0.25, 0.3) is 0 Å². The Morgan fingerprint density at radius 1 is 0.870 bits per heavy atom. The van der Waals surface area contributed by atoms with E-state index in [-0.39, 0.29) is 0 Å². The summed E-state index contributed by atoms with van der Waals surface area (Å²) in [7, 11) is -0.913. The lowest BCUT2D eigenvalue weighted by Gasteiger charge is -2.10. The second-order valence-corrected chi connectivity index (χ2v) is 8.04. The molecule has 0 aliphatic heterocycles. The smallest absolute Gasteiger partial charge is 0.0905 e. The van der Waals surface area contributed by atoms with Crippen LogP contribution in [0.1, 0.15) is 82.8 Å². The van der Waals surface area contributed by atoms with Gasteiger partial charge in [0.2, 0.25) is 0 Å². The first-order valence-corrected chi connectivity index (χ1v) is 10.8. The molecule has 0 aliphatic rings. The van der Waals surface area contributed by atoms with Crippen molar-refractivity contribution in [2.75, 3.05) is 11.5 Å². The number of rotatable bonds is 14. The van der Waals surface area contributed by atoms with Crippen molar-refractivity contribution >= 4 is 10.8 Å². The minimum Gasteiger partial charge on any atom is -0.387 e. The van der Waals surface area contributed by atoms with E-state index in [1.54, 1.807) is 0 Å². The van der Waals surface area contributed by atoms with Crippen LogP contribution < -0.4 is 0 Å². The first-order chi connectivity index (χ1) is 11.2. The monoisotopic (exact) mass is 338 g/mol. The van der Waals surface area contributed by atoms with Gasteiger partial charge in [-0.15, -0.1) is 0 Å². The van der Waals surface area contributed by atoms with Crippen molar-refractivity contribution in [1.82, 2.24) is 0 Å². The SMILES string of the molecule is CCCCCCCCCCCC[S@@](=O)C[C@H](O)c1ccccc1. The predicted molar refractivity (Wildman–Crippen MR) is 101 cm³/mol. The van der Waals surface area contributed by atoms with Gasteiger partial charge in [-0.1, -0.05) is 95.0 Å². The number of aliphatic hydroxyl groups is 1. The molecule has 1 N–H and O–H groups in total. The van der Waals surface area contributed by atoms with Crippen LogP contribution in [-0.2, 0) is 10.8 Å². The van der Waals surface area contributed by atoms with E-state index in [2.05, 4.69) is 6.92 Å². The van der Waals surface area contributed by atoms with Gasteiger partial charge in [0.25, 0.3) is 0 Å². The Labute approximate surface area is 145 Å². The number of benzene rings is 1. The fourth-order valence-electron chi connectivity index (χ4n) is 2.78. The largest absolute Gasteiger partial charge is 0.387 e. The van der Waals surface area contributed by atoms with E-state index in [0.29, 0.717) is 5.75 Å². The van der Waals surface area contributed by atoms with Gasteiger partial charge in [0.05, 0.1) is 11.9 Å². The van der Waals surface area contributed by atoms with Crippen LogP contribution in [0.3, 0.4) is 0 Å². The van der Waals surface area contributed by atoms with E-state index in [4.69, 9.17) is 0 Å². The van der Waals surface area contributed by atoms with Gasteiger partial charge in [0.15, 0.2) is 0 Å². The molecule has 1 rings (SSSR count). The molecular formula is C20H34O2S. The summed E-state index contributed by atoms with van der Waals surface area (Å²) < 4.78 is 12.0. The standard InChI is InChI=1S/C20H34O2S/c1-2-3-4-5-6-7-8-9-10-14-17-23(22)18-20(21)19-15-12-11-13-16-19/h11-13,15-16,20-21H,2-10,14,17-18H2,1H3/t20-,23+/m0/s1. The molecule has 132 valence electrons.